The Labute approximate surface area is 157 Å². The van der Waals surface area contributed by atoms with Crippen molar-refractivity contribution in [1.82, 2.24) is 4.90 Å². The Hall–Kier alpha value is -0.190. The van der Waals surface area contributed by atoms with Crippen LogP contribution in [0.4, 0.5) is 0 Å². The van der Waals surface area contributed by atoms with Crippen LogP contribution in [0.3, 0.4) is 0 Å². The van der Waals surface area contributed by atoms with Crippen LogP contribution in [-0.4, -0.2) is 40.0 Å². The van der Waals surface area contributed by atoms with Gasteiger partial charge in [-0.3, -0.25) is 4.79 Å². The van der Waals surface area contributed by atoms with Gasteiger partial charge in [-0.15, -0.1) is 0 Å². The molecule has 0 aromatic rings. The molecule has 0 saturated carbocycles. The first-order valence-corrected chi connectivity index (χ1v) is 13.2. The van der Waals surface area contributed by atoms with Crippen LogP contribution in [0.15, 0.2) is 22.9 Å². The van der Waals surface area contributed by atoms with E-state index in [-0.39, 0.29) is 15.8 Å². The molecule has 140 valence electrons. The van der Waals surface area contributed by atoms with E-state index in [4.69, 9.17) is 0 Å². The van der Waals surface area contributed by atoms with Crippen LogP contribution in [0.25, 0.3) is 0 Å². The Bertz CT molecular complexity index is 518. The lowest BCUT2D eigenvalue weighted by atomic mass is 10.2. The van der Waals surface area contributed by atoms with Crippen LogP contribution in [-0.2, 0) is 4.79 Å². The van der Waals surface area contributed by atoms with Gasteiger partial charge < -0.3 is 4.90 Å². The number of nitrogens with zero attached hydrogens (tertiary/aromatic N) is 1. The van der Waals surface area contributed by atoms with Crippen molar-refractivity contribution in [2.75, 3.05) is 6.54 Å². The topological polar surface area (TPSA) is 20.3 Å². The standard InChI is InChI=1S/C21H35NOP2/c1-7-8-13-22-18(6)19(24-14(2)9-10-15(24)3)20(21(22)23)25-16(4)11-12-17(25)5/h14-17H,6-13H2,1-5H3/t14-,15-,16-,17-/m1/s1. The second-order valence-electron chi connectivity index (χ2n) is 8.32. The summed E-state index contributed by atoms with van der Waals surface area (Å²) in [7, 11) is -0.562. The third-order valence-electron chi connectivity index (χ3n) is 6.43. The van der Waals surface area contributed by atoms with E-state index >= 15 is 0 Å². The summed E-state index contributed by atoms with van der Waals surface area (Å²) in [4.78, 5) is 15.6. The van der Waals surface area contributed by atoms with E-state index in [0.717, 1.165) is 36.4 Å². The van der Waals surface area contributed by atoms with Crippen LogP contribution >= 0.6 is 15.8 Å². The molecular weight excluding hydrogens is 344 g/mol. The maximum Gasteiger partial charge on any atom is 0.259 e. The normalized spacial score (nSPS) is 34.8. The number of hydrogen-bond acceptors (Lipinski definition) is 1. The lowest BCUT2D eigenvalue weighted by Gasteiger charge is -2.28. The molecule has 4 atom stereocenters. The van der Waals surface area contributed by atoms with Crippen molar-refractivity contribution in [3.8, 4) is 0 Å². The van der Waals surface area contributed by atoms with E-state index in [1.54, 1.807) is 0 Å². The predicted molar refractivity (Wildman–Crippen MR) is 113 cm³/mol. The molecule has 0 aliphatic carbocycles. The fraction of sp³-hybridized carbons (Fsp3) is 0.762. The van der Waals surface area contributed by atoms with Crippen molar-refractivity contribution in [2.24, 2.45) is 0 Å². The summed E-state index contributed by atoms with van der Waals surface area (Å²) >= 11 is 0. The fourth-order valence-corrected chi connectivity index (χ4v) is 12.3. The Balaban J connectivity index is 2.05. The predicted octanol–water partition coefficient (Wildman–Crippen LogP) is 6.46. The van der Waals surface area contributed by atoms with Crippen LogP contribution in [0.1, 0.15) is 73.1 Å². The molecule has 2 saturated heterocycles. The molecule has 0 bridgehead atoms. The van der Waals surface area contributed by atoms with E-state index in [9.17, 15) is 4.79 Å². The molecule has 3 heterocycles. The van der Waals surface area contributed by atoms with Gasteiger partial charge in [0.1, 0.15) is 0 Å². The summed E-state index contributed by atoms with van der Waals surface area (Å²) in [6.45, 7) is 17.2. The van der Waals surface area contributed by atoms with Crippen molar-refractivity contribution in [3.63, 3.8) is 0 Å². The van der Waals surface area contributed by atoms with Gasteiger partial charge in [0.15, 0.2) is 0 Å². The van der Waals surface area contributed by atoms with E-state index in [2.05, 4.69) is 46.1 Å². The Morgan fingerprint density at radius 3 is 1.80 bits per heavy atom. The monoisotopic (exact) mass is 379 g/mol. The number of allylic oxidation sites excluding steroid dienone is 1. The number of unbranched alkanes of at least 4 members (excludes halogenated alkanes) is 1. The maximum atomic E-state index is 13.5. The van der Waals surface area contributed by atoms with Gasteiger partial charge in [-0.25, -0.2) is 0 Å². The van der Waals surface area contributed by atoms with Gasteiger partial charge in [0.05, 0.1) is 5.31 Å². The van der Waals surface area contributed by atoms with Crippen molar-refractivity contribution in [1.29, 1.82) is 0 Å². The Kier molecular flexibility index (Phi) is 6.12. The lowest BCUT2D eigenvalue weighted by molar-refractivity contribution is -0.123. The first-order valence-electron chi connectivity index (χ1n) is 10.2. The second kappa shape index (κ2) is 7.82. The minimum atomic E-state index is -0.326. The molecule has 3 aliphatic heterocycles. The maximum absolute atomic E-state index is 13.5. The van der Waals surface area contributed by atoms with Gasteiger partial charge >= 0.3 is 0 Å². The minimum Gasteiger partial charge on any atom is -0.308 e. The van der Waals surface area contributed by atoms with Crippen LogP contribution < -0.4 is 0 Å². The van der Waals surface area contributed by atoms with E-state index in [0.29, 0.717) is 17.2 Å². The molecule has 0 radical (unpaired) electrons. The van der Waals surface area contributed by atoms with Crippen LogP contribution in [0, 0.1) is 0 Å². The second-order valence-corrected chi connectivity index (χ2v) is 14.4. The number of carbonyl (C=O) groups is 1. The number of hydrogen-bond donors (Lipinski definition) is 0. The highest BCUT2D eigenvalue weighted by atomic mass is 31.1. The molecule has 25 heavy (non-hydrogen) atoms. The average molecular weight is 379 g/mol. The van der Waals surface area contributed by atoms with Gasteiger partial charge in [-0.2, -0.15) is 0 Å². The molecule has 1 amide bonds. The molecule has 0 unspecified atom stereocenters. The minimum absolute atomic E-state index is 0.236. The summed E-state index contributed by atoms with van der Waals surface area (Å²) in [6.07, 6.45) is 7.44. The number of rotatable bonds is 5. The molecule has 3 rings (SSSR count). The van der Waals surface area contributed by atoms with E-state index in [1.165, 1.54) is 36.3 Å². The van der Waals surface area contributed by atoms with Gasteiger partial charge in [0, 0.05) is 17.6 Å². The van der Waals surface area contributed by atoms with Crippen molar-refractivity contribution < 1.29 is 4.79 Å². The zero-order chi connectivity index (χ0) is 18.3. The summed E-state index contributed by atoms with van der Waals surface area (Å²) in [5.41, 5.74) is 3.97. The van der Waals surface area contributed by atoms with E-state index < -0.39 is 0 Å². The van der Waals surface area contributed by atoms with Crippen molar-refractivity contribution in [2.45, 2.75) is 95.8 Å². The summed E-state index contributed by atoms with van der Waals surface area (Å²) < 4.78 is 0. The quantitative estimate of drug-likeness (QED) is 0.502. The van der Waals surface area contributed by atoms with Crippen molar-refractivity contribution >= 4 is 21.8 Å². The summed E-state index contributed by atoms with van der Waals surface area (Å²) in [6, 6.07) is 0. The van der Waals surface area contributed by atoms with Gasteiger partial charge in [0.2, 0.25) is 0 Å². The smallest absolute Gasteiger partial charge is 0.259 e. The summed E-state index contributed by atoms with van der Waals surface area (Å²) in [5, 5.41) is 2.72. The third-order valence-corrected chi connectivity index (χ3v) is 13.4. The van der Waals surface area contributed by atoms with Crippen molar-refractivity contribution in [3.05, 3.63) is 22.9 Å². The molecule has 2 fully saturated rings. The molecule has 0 aromatic heterocycles. The number of carbonyl (C=O) groups excluding carboxylic acids is 1. The molecular formula is C21H35NOP2. The Morgan fingerprint density at radius 1 is 0.920 bits per heavy atom. The largest absolute Gasteiger partial charge is 0.308 e. The average Bonchev–Trinajstić information content (AvgIpc) is 3.14. The molecule has 4 heteroatoms. The zero-order valence-electron chi connectivity index (χ0n) is 16.7. The first kappa shape index (κ1) is 19.6. The van der Waals surface area contributed by atoms with Gasteiger partial charge in [-0.1, -0.05) is 63.5 Å². The molecule has 0 aromatic carbocycles. The molecule has 0 spiro atoms. The highest BCUT2D eigenvalue weighted by Crippen LogP contribution is 2.72. The first-order chi connectivity index (χ1) is 11.9. The van der Waals surface area contributed by atoms with E-state index in [1.807, 2.05) is 0 Å². The van der Waals surface area contributed by atoms with Gasteiger partial charge in [-0.05, 0) is 54.7 Å². The number of amides is 1. The van der Waals surface area contributed by atoms with Gasteiger partial charge in [0.25, 0.3) is 5.91 Å². The zero-order valence-corrected chi connectivity index (χ0v) is 18.5. The molecule has 2 nitrogen and oxygen atoms in total. The highest BCUT2D eigenvalue weighted by Gasteiger charge is 2.47. The Morgan fingerprint density at radius 2 is 1.36 bits per heavy atom. The highest BCUT2D eigenvalue weighted by molar-refractivity contribution is 7.69. The third kappa shape index (κ3) is 3.39. The molecule has 3 aliphatic rings. The molecule has 0 N–H and O–H groups in total. The van der Waals surface area contributed by atoms with Crippen LogP contribution in [0.2, 0.25) is 0 Å². The summed E-state index contributed by atoms with van der Waals surface area (Å²) in [5.74, 6) is 0.342. The lowest BCUT2D eigenvalue weighted by Crippen LogP contribution is -2.27. The fourth-order valence-electron chi connectivity index (χ4n) is 4.94. The SMILES string of the molecule is C=C1C(P2[C@H](C)CC[C@H]2C)=C(P2[C@H](C)CC[C@H]2C)C(=O)N1CCCC. The van der Waals surface area contributed by atoms with Crippen LogP contribution in [0.5, 0.6) is 0 Å².